The number of rotatable bonds is 1. The third kappa shape index (κ3) is 2.22. The van der Waals surface area contributed by atoms with E-state index in [1.165, 1.54) is 0 Å². The molecule has 0 saturated heterocycles. The first-order chi connectivity index (χ1) is 9.93. The Labute approximate surface area is 129 Å². The molecule has 0 saturated carbocycles. The molecule has 21 heavy (non-hydrogen) atoms. The van der Waals surface area contributed by atoms with E-state index in [0.717, 1.165) is 44.0 Å². The van der Waals surface area contributed by atoms with Crippen molar-refractivity contribution in [1.29, 1.82) is 0 Å². The third-order valence-corrected chi connectivity index (χ3v) is 4.22. The standard InChI is InChI=1S/C19H17ClO/c1-19(2,3)18-15-10-12-6-4-5-7-13(12)16(11-21)14(15)8-9-17(18)20/h4-11H,1-3H3. The van der Waals surface area contributed by atoms with Gasteiger partial charge in [-0.05, 0) is 44.7 Å². The van der Waals surface area contributed by atoms with E-state index in [2.05, 4.69) is 26.8 Å². The molecule has 2 heteroatoms. The van der Waals surface area contributed by atoms with E-state index in [9.17, 15) is 4.79 Å². The van der Waals surface area contributed by atoms with Gasteiger partial charge in [-0.1, -0.05) is 62.7 Å². The summed E-state index contributed by atoms with van der Waals surface area (Å²) in [6.45, 7) is 6.43. The second-order valence-electron chi connectivity index (χ2n) is 6.40. The van der Waals surface area contributed by atoms with E-state index in [1.807, 2.05) is 36.4 Å². The van der Waals surface area contributed by atoms with Crippen molar-refractivity contribution in [2.24, 2.45) is 0 Å². The van der Waals surface area contributed by atoms with Crippen molar-refractivity contribution in [2.75, 3.05) is 0 Å². The minimum atomic E-state index is -0.0841. The van der Waals surface area contributed by atoms with Gasteiger partial charge in [0.25, 0.3) is 0 Å². The SMILES string of the molecule is CC(C)(C)c1c(Cl)ccc2c(C=O)c3ccccc3cc12. The zero-order valence-corrected chi connectivity index (χ0v) is 13.2. The van der Waals surface area contributed by atoms with Crippen LogP contribution in [0.25, 0.3) is 21.5 Å². The number of carbonyl (C=O) groups is 1. The van der Waals surface area contributed by atoms with Gasteiger partial charge in [0.2, 0.25) is 0 Å². The largest absolute Gasteiger partial charge is 0.298 e. The maximum atomic E-state index is 11.6. The van der Waals surface area contributed by atoms with Gasteiger partial charge in [-0.25, -0.2) is 0 Å². The third-order valence-electron chi connectivity index (χ3n) is 3.90. The highest BCUT2D eigenvalue weighted by atomic mass is 35.5. The van der Waals surface area contributed by atoms with E-state index in [0.29, 0.717) is 0 Å². The minimum Gasteiger partial charge on any atom is -0.298 e. The molecular formula is C19H17ClO. The molecule has 0 aliphatic rings. The molecule has 3 rings (SSSR count). The number of hydrogen-bond acceptors (Lipinski definition) is 1. The molecule has 3 aromatic rings. The summed E-state index contributed by atoms with van der Waals surface area (Å²) in [5, 5.41) is 4.85. The van der Waals surface area contributed by atoms with Crippen LogP contribution < -0.4 is 0 Å². The second kappa shape index (κ2) is 4.85. The van der Waals surface area contributed by atoms with Crippen LogP contribution >= 0.6 is 11.6 Å². The van der Waals surface area contributed by atoms with Crippen LogP contribution in [0.2, 0.25) is 5.02 Å². The lowest BCUT2D eigenvalue weighted by molar-refractivity contribution is 0.112. The zero-order chi connectivity index (χ0) is 15.2. The van der Waals surface area contributed by atoms with Crippen LogP contribution in [-0.2, 0) is 5.41 Å². The minimum absolute atomic E-state index is 0.0841. The molecule has 0 spiro atoms. The molecule has 0 aliphatic carbocycles. The van der Waals surface area contributed by atoms with Gasteiger partial charge in [0.15, 0.2) is 6.29 Å². The Kier molecular flexibility index (Phi) is 3.26. The molecule has 0 fully saturated rings. The van der Waals surface area contributed by atoms with Crippen LogP contribution in [0.15, 0.2) is 42.5 Å². The number of benzene rings is 3. The summed E-state index contributed by atoms with van der Waals surface area (Å²) in [4.78, 5) is 11.6. The van der Waals surface area contributed by atoms with Gasteiger partial charge in [0, 0.05) is 10.6 Å². The normalized spacial score (nSPS) is 12.0. The molecule has 0 amide bonds. The summed E-state index contributed by atoms with van der Waals surface area (Å²) >= 11 is 6.45. The van der Waals surface area contributed by atoms with Crippen molar-refractivity contribution >= 4 is 39.4 Å². The van der Waals surface area contributed by atoms with E-state index in [1.54, 1.807) is 0 Å². The lowest BCUT2D eigenvalue weighted by Crippen LogP contribution is -2.13. The first kappa shape index (κ1) is 14.1. The Morgan fingerprint density at radius 1 is 0.952 bits per heavy atom. The van der Waals surface area contributed by atoms with Gasteiger partial charge in [-0.15, -0.1) is 0 Å². The number of carbonyl (C=O) groups excluding carboxylic acids is 1. The number of hydrogen-bond donors (Lipinski definition) is 0. The van der Waals surface area contributed by atoms with E-state index >= 15 is 0 Å². The average molecular weight is 297 g/mol. The van der Waals surface area contributed by atoms with Gasteiger partial charge >= 0.3 is 0 Å². The number of halogens is 1. The molecule has 106 valence electrons. The fourth-order valence-electron chi connectivity index (χ4n) is 3.04. The summed E-state index contributed by atoms with van der Waals surface area (Å²) in [5.41, 5.74) is 1.75. The number of fused-ring (bicyclic) bond motifs is 2. The Hall–Kier alpha value is -1.86. The summed E-state index contributed by atoms with van der Waals surface area (Å²) in [7, 11) is 0. The fourth-order valence-corrected chi connectivity index (χ4v) is 3.48. The monoisotopic (exact) mass is 296 g/mol. The molecular weight excluding hydrogens is 280 g/mol. The molecule has 0 bridgehead atoms. The molecule has 0 N–H and O–H groups in total. The van der Waals surface area contributed by atoms with Crippen LogP contribution in [0, 0.1) is 0 Å². The topological polar surface area (TPSA) is 17.1 Å². The van der Waals surface area contributed by atoms with Crippen LogP contribution in [0.5, 0.6) is 0 Å². The van der Waals surface area contributed by atoms with Crippen LogP contribution in [-0.4, -0.2) is 6.29 Å². The lowest BCUT2D eigenvalue weighted by Gasteiger charge is -2.24. The Morgan fingerprint density at radius 2 is 1.67 bits per heavy atom. The summed E-state index contributed by atoms with van der Waals surface area (Å²) in [6.07, 6.45) is 0.949. The van der Waals surface area contributed by atoms with Gasteiger partial charge in [-0.3, -0.25) is 4.79 Å². The molecule has 3 aromatic carbocycles. The van der Waals surface area contributed by atoms with Crippen LogP contribution in [0.3, 0.4) is 0 Å². The van der Waals surface area contributed by atoms with Crippen molar-refractivity contribution in [3.8, 4) is 0 Å². The molecule has 1 nitrogen and oxygen atoms in total. The predicted molar refractivity (Wildman–Crippen MR) is 90.6 cm³/mol. The molecule has 0 heterocycles. The Balaban J connectivity index is 2.59. The molecule has 0 radical (unpaired) electrons. The van der Waals surface area contributed by atoms with E-state index in [-0.39, 0.29) is 5.41 Å². The molecule has 0 aliphatic heterocycles. The molecule has 0 aromatic heterocycles. The second-order valence-corrected chi connectivity index (χ2v) is 6.80. The highest BCUT2D eigenvalue weighted by molar-refractivity contribution is 6.33. The highest BCUT2D eigenvalue weighted by Gasteiger charge is 2.22. The van der Waals surface area contributed by atoms with Gasteiger partial charge in [-0.2, -0.15) is 0 Å². The smallest absolute Gasteiger partial charge is 0.151 e. The maximum Gasteiger partial charge on any atom is 0.151 e. The van der Waals surface area contributed by atoms with Crippen molar-refractivity contribution in [2.45, 2.75) is 26.2 Å². The van der Waals surface area contributed by atoms with Crippen LogP contribution in [0.1, 0.15) is 36.7 Å². The molecule has 0 atom stereocenters. The van der Waals surface area contributed by atoms with Gasteiger partial charge < -0.3 is 0 Å². The fraction of sp³-hybridized carbons (Fsp3) is 0.211. The first-order valence-corrected chi connectivity index (χ1v) is 7.41. The summed E-state index contributed by atoms with van der Waals surface area (Å²) < 4.78 is 0. The Morgan fingerprint density at radius 3 is 2.33 bits per heavy atom. The Bertz CT molecular complexity index is 857. The van der Waals surface area contributed by atoms with Crippen molar-refractivity contribution in [3.05, 3.63) is 58.6 Å². The van der Waals surface area contributed by atoms with Crippen LogP contribution in [0.4, 0.5) is 0 Å². The lowest BCUT2D eigenvalue weighted by atomic mass is 9.82. The quantitative estimate of drug-likeness (QED) is 0.412. The van der Waals surface area contributed by atoms with Crippen molar-refractivity contribution < 1.29 is 4.79 Å². The zero-order valence-electron chi connectivity index (χ0n) is 12.4. The van der Waals surface area contributed by atoms with Gasteiger partial charge in [0.05, 0.1) is 0 Å². The van der Waals surface area contributed by atoms with E-state index < -0.39 is 0 Å². The summed E-state index contributed by atoms with van der Waals surface area (Å²) in [5.74, 6) is 0. The highest BCUT2D eigenvalue weighted by Crippen LogP contribution is 2.38. The molecule has 0 unspecified atom stereocenters. The van der Waals surface area contributed by atoms with Crippen molar-refractivity contribution in [1.82, 2.24) is 0 Å². The number of aldehydes is 1. The summed E-state index contributed by atoms with van der Waals surface area (Å²) in [6, 6.07) is 14.0. The maximum absolute atomic E-state index is 11.6. The van der Waals surface area contributed by atoms with Gasteiger partial charge in [0.1, 0.15) is 0 Å². The first-order valence-electron chi connectivity index (χ1n) is 7.03. The average Bonchev–Trinajstić information content (AvgIpc) is 2.43. The van der Waals surface area contributed by atoms with Crippen molar-refractivity contribution in [3.63, 3.8) is 0 Å². The van der Waals surface area contributed by atoms with E-state index in [4.69, 9.17) is 11.6 Å². The predicted octanol–water partition coefficient (Wildman–Crippen LogP) is 5.76.